The Balaban J connectivity index is 3.46. The summed E-state index contributed by atoms with van der Waals surface area (Å²) in [6, 6.07) is 0. The van der Waals surface area contributed by atoms with Crippen molar-refractivity contribution in [3.8, 4) is 0 Å². The fourth-order valence-electron chi connectivity index (χ4n) is 1.74. The molecule has 0 rings (SSSR count). The number of unbranched alkanes of at least 4 members (excludes halogenated alkanes) is 1. The van der Waals surface area contributed by atoms with Gasteiger partial charge in [-0.2, -0.15) is 0 Å². The molecule has 0 aromatic rings. The first-order chi connectivity index (χ1) is 10.8. The van der Waals surface area contributed by atoms with E-state index in [-0.39, 0.29) is 6.42 Å². The van der Waals surface area contributed by atoms with Crippen LogP contribution in [0, 0.1) is 0 Å². The summed E-state index contributed by atoms with van der Waals surface area (Å²) in [4.78, 5) is 10.3. The third-order valence-corrected chi connectivity index (χ3v) is 2.92. The quantitative estimate of drug-likeness (QED) is 0.335. The molecule has 0 spiro atoms. The molecule has 1 N–H and O–H groups in total. The van der Waals surface area contributed by atoms with E-state index in [4.69, 9.17) is 5.11 Å². The topological polar surface area (TPSA) is 37.3 Å². The van der Waals surface area contributed by atoms with E-state index in [9.17, 15) is 4.79 Å². The van der Waals surface area contributed by atoms with Crippen molar-refractivity contribution in [1.82, 2.24) is 0 Å². The van der Waals surface area contributed by atoms with Crippen LogP contribution in [0.15, 0.2) is 60.8 Å². The lowest BCUT2D eigenvalue weighted by atomic mass is 10.2. The van der Waals surface area contributed by atoms with Gasteiger partial charge in [-0.05, 0) is 44.9 Å². The summed E-state index contributed by atoms with van der Waals surface area (Å²) in [6.07, 6.45) is 28.4. The van der Waals surface area contributed by atoms with Gasteiger partial charge < -0.3 is 5.11 Å². The molecule has 2 nitrogen and oxygen atoms in total. The van der Waals surface area contributed by atoms with Crippen LogP contribution >= 0.6 is 0 Å². The van der Waals surface area contributed by atoms with Gasteiger partial charge in [0.1, 0.15) is 0 Å². The first kappa shape index (κ1) is 20.2. The van der Waals surface area contributed by atoms with Crippen molar-refractivity contribution < 1.29 is 9.90 Å². The molecule has 22 heavy (non-hydrogen) atoms. The summed E-state index contributed by atoms with van der Waals surface area (Å²) >= 11 is 0. The molecule has 122 valence electrons. The van der Waals surface area contributed by atoms with Crippen LogP contribution < -0.4 is 0 Å². The highest BCUT2D eigenvalue weighted by Crippen LogP contribution is 1.99. The van der Waals surface area contributed by atoms with Crippen LogP contribution in [0.3, 0.4) is 0 Å². The Bertz CT molecular complexity index is 398. The Hall–Kier alpha value is -1.83. The highest BCUT2D eigenvalue weighted by Gasteiger charge is 1.92. The maximum absolute atomic E-state index is 10.3. The zero-order valence-electron chi connectivity index (χ0n) is 13.8. The molecule has 0 aromatic heterocycles. The van der Waals surface area contributed by atoms with E-state index < -0.39 is 5.97 Å². The molecule has 0 saturated heterocycles. The van der Waals surface area contributed by atoms with Crippen molar-refractivity contribution in [3.05, 3.63) is 60.8 Å². The average Bonchev–Trinajstić information content (AvgIpc) is 2.50. The zero-order valence-corrected chi connectivity index (χ0v) is 13.8. The minimum absolute atomic E-state index is 0.258. The Kier molecular flexibility index (Phi) is 15.8. The van der Waals surface area contributed by atoms with Crippen molar-refractivity contribution in [2.24, 2.45) is 0 Å². The Labute approximate surface area is 135 Å². The van der Waals surface area contributed by atoms with E-state index in [2.05, 4.69) is 67.7 Å². The second-order valence-corrected chi connectivity index (χ2v) is 4.99. The summed E-state index contributed by atoms with van der Waals surface area (Å²) in [6.45, 7) is 2.14. The number of carbonyl (C=O) groups is 1. The number of hydrogen-bond donors (Lipinski definition) is 1. The SMILES string of the molecule is CC/C=C\CC=CCC=CC/C=C\C/C=C\CCCC(=O)O. The Morgan fingerprint density at radius 2 is 1.14 bits per heavy atom. The van der Waals surface area contributed by atoms with Crippen molar-refractivity contribution in [3.63, 3.8) is 0 Å². The predicted molar refractivity (Wildman–Crippen MR) is 95.9 cm³/mol. The number of rotatable bonds is 13. The smallest absolute Gasteiger partial charge is 0.303 e. The van der Waals surface area contributed by atoms with Crippen LogP contribution in [0.2, 0.25) is 0 Å². The molecule has 0 aliphatic carbocycles. The average molecular weight is 302 g/mol. The molecule has 0 radical (unpaired) electrons. The second-order valence-electron chi connectivity index (χ2n) is 4.99. The van der Waals surface area contributed by atoms with Gasteiger partial charge in [0.2, 0.25) is 0 Å². The lowest BCUT2D eigenvalue weighted by Crippen LogP contribution is -1.92. The van der Waals surface area contributed by atoms with Crippen molar-refractivity contribution in [2.45, 2.75) is 58.3 Å². The van der Waals surface area contributed by atoms with Gasteiger partial charge in [-0.15, -0.1) is 0 Å². The summed E-state index contributed by atoms with van der Waals surface area (Å²) < 4.78 is 0. The van der Waals surface area contributed by atoms with Crippen molar-refractivity contribution >= 4 is 5.97 Å². The van der Waals surface area contributed by atoms with Crippen molar-refractivity contribution in [2.75, 3.05) is 0 Å². The molecular weight excluding hydrogens is 272 g/mol. The van der Waals surface area contributed by atoms with E-state index in [1.54, 1.807) is 0 Å². The highest BCUT2D eigenvalue weighted by molar-refractivity contribution is 5.66. The third-order valence-electron chi connectivity index (χ3n) is 2.92. The number of aliphatic carboxylic acids is 1. The van der Waals surface area contributed by atoms with Crippen LogP contribution in [0.4, 0.5) is 0 Å². The van der Waals surface area contributed by atoms with Gasteiger partial charge in [-0.1, -0.05) is 67.7 Å². The molecule has 0 aromatic carbocycles. The Morgan fingerprint density at radius 3 is 1.55 bits per heavy atom. The first-order valence-corrected chi connectivity index (χ1v) is 8.24. The van der Waals surface area contributed by atoms with E-state index in [0.717, 1.165) is 44.9 Å². The lowest BCUT2D eigenvalue weighted by Gasteiger charge is -1.89. The molecule has 0 aliphatic rings. The van der Waals surface area contributed by atoms with Crippen LogP contribution in [0.1, 0.15) is 58.3 Å². The van der Waals surface area contributed by atoms with Gasteiger partial charge >= 0.3 is 5.97 Å². The molecule has 0 saturated carbocycles. The van der Waals surface area contributed by atoms with Crippen LogP contribution in [0.25, 0.3) is 0 Å². The summed E-state index contributed by atoms with van der Waals surface area (Å²) in [7, 11) is 0. The van der Waals surface area contributed by atoms with Gasteiger partial charge in [-0.25, -0.2) is 0 Å². The second kappa shape index (κ2) is 17.2. The largest absolute Gasteiger partial charge is 0.481 e. The predicted octanol–water partition coefficient (Wildman–Crippen LogP) is 5.99. The van der Waals surface area contributed by atoms with Gasteiger partial charge in [0.15, 0.2) is 0 Å². The number of carboxylic acids is 1. The summed E-state index contributed by atoms with van der Waals surface area (Å²) in [5.41, 5.74) is 0. The molecule has 2 heteroatoms. The number of carboxylic acid groups (broad SMARTS) is 1. The number of allylic oxidation sites excluding steroid dienone is 10. The monoisotopic (exact) mass is 302 g/mol. The van der Waals surface area contributed by atoms with Crippen molar-refractivity contribution in [1.29, 1.82) is 0 Å². The maximum Gasteiger partial charge on any atom is 0.303 e. The van der Waals surface area contributed by atoms with Crippen LogP contribution in [-0.4, -0.2) is 11.1 Å². The lowest BCUT2D eigenvalue weighted by molar-refractivity contribution is -0.137. The van der Waals surface area contributed by atoms with E-state index in [0.29, 0.717) is 0 Å². The fraction of sp³-hybridized carbons (Fsp3) is 0.450. The standard InChI is InChI=1S/C20H30O2/c1-2-3-4-5-6-7-8-9-10-11-12-13-14-15-16-17-18-19-20(21)22/h3-4,6-7,9-10,12-13,15-16H,2,5,8,11,14,17-19H2,1H3,(H,21,22)/b4-3-,7-6?,10-9?,13-12-,16-15-. The highest BCUT2D eigenvalue weighted by atomic mass is 16.4. The summed E-state index contributed by atoms with van der Waals surface area (Å²) in [5.74, 6) is -0.715. The Morgan fingerprint density at radius 1 is 0.727 bits per heavy atom. The molecule has 0 unspecified atom stereocenters. The first-order valence-electron chi connectivity index (χ1n) is 8.24. The fourth-order valence-corrected chi connectivity index (χ4v) is 1.74. The molecule has 0 aliphatic heterocycles. The molecule has 0 amide bonds. The number of hydrogen-bond acceptors (Lipinski definition) is 1. The normalized spacial score (nSPS) is 12.8. The van der Waals surface area contributed by atoms with Crippen LogP contribution in [0.5, 0.6) is 0 Å². The molecule has 0 fully saturated rings. The van der Waals surface area contributed by atoms with E-state index >= 15 is 0 Å². The summed E-state index contributed by atoms with van der Waals surface area (Å²) in [5, 5.41) is 8.49. The van der Waals surface area contributed by atoms with Gasteiger partial charge in [0.05, 0.1) is 0 Å². The van der Waals surface area contributed by atoms with E-state index in [1.165, 1.54) is 0 Å². The minimum Gasteiger partial charge on any atom is -0.481 e. The van der Waals surface area contributed by atoms with Gasteiger partial charge in [-0.3, -0.25) is 4.79 Å². The molecule has 0 bridgehead atoms. The van der Waals surface area contributed by atoms with Gasteiger partial charge in [0, 0.05) is 6.42 Å². The maximum atomic E-state index is 10.3. The minimum atomic E-state index is -0.715. The third kappa shape index (κ3) is 18.2. The van der Waals surface area contributed by atoms with E-state index in [1.807, 2.05) is 0 Å². The molecule has 0 atom stereocenters. The van der Waals surface area contributed by atoms with Gasteiger partial charge in [0.25, 0.3) is 0 Å². The molecule has 0 heterocycles. The van der Waals surface area contributed by atoms with Crippen LogP contribution in [-0.2, 0) is 4.79 Å². The molecular formula is C20H30O2. The zero-order chi connectivity index (χ0) is 16.3.